The van der Waals surface area contributed by atoms with Gasteiger partial charge in [0.2, 0.25) is 0 Å². The van der Waals surface area contributed by atoms with Crippen LogP contribution in [0.15, 0.2) is 18.3 Å². The number of pyridine rings is 1. The van der Waals surface area contributed by atoms with E-state index in [-0.39, 0.29) is 5.54 Å². The molecule has 1 aliphatic carbocycles. The Morgan fingerprint density at radius 3 is 2.92 bits per heavy atom. The minimum Gasteiger partial charge on any atom is -0.378 e. The van der Waals surface area contributed by atoms with E-state index in [2.05, 4.69) is 16.4 Å². The van der Waals surface area contributed by atoms with Gasteiger partial charge in [-0.1, -0.05) is 0 Å². The molecule has 1 aliphatic rings. The average molecular weight is 177 g/mol. The lowest BCUT2D eigenvalue weighted by molar-refractivity contribution is 0.741. The molecule has 0 saturated heterocycles. The van der Waals surface area contributed by atoms with Crippen molar-refractivity contribution < 1.29 is 0 Å². The van der Waals surface area contributed by atoms with E-state index in [0.29, 0.717) is 6.54 Å². The van der Waals surface area contributed by atoms with Crippen LogP contribution in [-0.4, -0.2) is 17.1 Å². The van der Waals surface area contributed by atoms with Crippen molar-refractivity contribution in [1.82, 2.24) is 4.98 Å². The molecule has 0 atom stereocenters. The molecule has 1 saturated carbocycles. The predicted molar refractivity (Wildman–Crippen MR) is 53.6 cm³/mol. The largest absolute Gasteiger partial charge is 0.378 e. The van der Waals surface area contributed by atoms with Crippen LogP contribution in [0.2, 0.25) is 0 Å². The normalized spacial score (nSPS) is 18.3. The summed E-state index contributed by atoms with van der Waals surface area (Å²) < 4.78 is 0. The van der Waals surface area contributed by atoms with Crippen LogP contribution in [0.1, 0.15) is 18.5 Å². The summed E-state index contributed by atoms with van der Waals surface area (Å²) >= 11 is 0. The zero-order valence-corrected chi connectivity index (χ0v) is 7.88. The van der Waals surface area contributed by atoms with Crippen molar-refractivity contribution in [2.24, 2.45) is 5.73 Å². The smallest absolute Gasteiger partial charge is 0.0497 e. The number of nitrogens with two attached hydrogens (primary N) is 1. The third-order valence-corrected chi connectivity index (χ3v) is 2.55. The van der Waals surface area contributed by atoms with E-state index in [1.165, 1.54) is 12.8 Å². The summed E-state index contributed by atoms with van der Waals surface area (Å²) in [6, 6.07) is 4.04. The quantitative estimate of drug-likeness (QED) is 0.731. The summed E-state index contributed by atoms with van der Waals surface area (Å²) in [5.41, 5.74) is 8.04. The fourth-order valence-corrected chi connectivity index (χ4v) is 1.46. The predicted octanol–water partition coefficient (Wildman–Crippen LogP) is 1.29. The van der Waals surface area contributed by atoms with Gasteiger partial charge in [-0.25, -0.2) is 0 Å². The van der Waals surface area contributed by atoms with Crippen molar-refractivity contribution in [1.29, 1.82) is 0 Å². The van der Waals surface area contributed by atoms with E-state index in [1.54, 1.807) is 0 Å². The number of aromatic nitrogens is 1. The molecular formula is C10H15N3. The van der Waals surface area contributed by atoms with Crippen molar-refractivity contribution in [3.05, 3.63) is 24.0 Å². The molecule has 3 heteroatoms. The Kier molecular flexibility index (Phi) is 1.96. The molecule has 1 fully saturated rings. The third kappa shape index (κ3) is 1.80. The van der Waals surface area contributed by atoms with Gasteiger partial charge in [-0.2, -0.15) is 0 Å². The molecule has 0 unspecified atom stereocenters. The molecule has 0 bridgehead atoms. The van der Waals surface area contributed by atoms with Gasteiger partial charge in [0.25, 0.3) is 0 Å². The van der Waals surface area contributed by atoms with Crippen LogP contribution in [0.5, 0.6) is 0 Å². The number of rotatable bonds is 3. The molecule has 0 aromatic carbocycles. The van der Waals surface area contributed by atoms with E-state index in [0.717, 1.165) is 11.4 Å². The highest BCUT2D eigenvalue weighted by Gasteiger charge is 2.40. The van der Waals surface area contributed by atoms with Crippen LogP contribution in [0.4, 0.5) is 5.69 Å². The van der Waals surface area contributed by atoms with E-state index in [4.69, 9.17) is 5.73 Å². The minimum absolute atomic E-state index is 0.188. The van der Waals surface area contributed by atoms with Gasteiger partial charge in [-0.15, -0.1) is 0 Å². The summed E-state index contributed by atoms with van der Waals surface area (Å²) in [4.78, 5) is 4.14. The zero-order chi connectivity index (χ0) is 9.31. The summed E-state index contributed by atoms with van der Waals surface area (Å²) in [7, 11) is 0. The molecule has 3 nitrogen and oxygen atoms in total. The molecular weight excluding hydrogens is 162 g/mol. The summed E-state index contributed by atoms with van der Waals surface area (Å²) in [5.74, 6) is 0. The van der Waals surface area contributed by atoms with E-state index in [9.17, 15) is 0 Å². The van der Waals surface area contributed by atoms with Gasteiger partial charge in [0, 0.05) is 29.7 Å². The van der Waals surface area contributed by atoms with Gasteiger partial charge in [0.05, 0.1) is 0 Å². The zero-order valence-electron chi connectivity index (χ0n) is 7.88. The van der Waals surface area contributed by atoms with Crippen LogP contribution >= 0.6 is 0 Å². The van der Waals surface area contributed by atoms with E-state index in [1.807, 2.05) is 19.2 Å². The second kappa shape index (κ2) is 3.00. The maximum Gasteiger partial charge on any atom is 0.0497 e. The van der Waals surface area contributed by atoms with Gasteiger partial charge in [0.1, 0.15) is 0 Å². The summed E-state index contributed by atoms with van der Waals surface area (Å²) in [6.45, 7) is 2.71. The van der Waals surface area contributed by atoms with Crippen LogP contribution in [-0.2, 0) is 0 Å². The molecule has 1 aromatic rings. The van der Waals surface area contributed by atoms with Crippen LogP contribution in [0.25, 0.3) is 0 Å². The fraction of sp³-hybridized carbons (Fsp3) is 0.500. The van der Waals surface area contributed by atoms with Crippen molar-refractivity contribution in [3.63, 3.8) is 0 Å². The molecule has 70 valence electrons. The SMILES string of the molecule is Cc1cc(NC2(CN)CC2)ccn1. The number of nitrogens with zero attached hydrogens (tertiary/aromatic N) is 1. The van der Waals surface area contributed by atoms with Gasteiger partial charge in [-0.05, 0) is 31.9 Å². The van der Waals surface area contributed by atoms with E-state index < -0.39 is 0 Å². The molecule has 0 aliphatic heterocycles. The Morgan fingerprint density at radius 2 is 2.38 bits per heavy atom. The van der Waals surface area contributed by atoms with Crippen LogP contribution in [0, 0.1) is 6.92 Å². The average Bonchev–Trinajstić information content (AvgIpc) is 2.86. The third-order valence-electron chi connectivity index (χ3n) is 2.55. The summed E-state index contributed by atoms with van der Waals surface area (Å²) in [5, 5.41) is 3.45. The molecule has 0 radical (unpaired) electrons. The van der Waals surface area contributed by atoms with Crippen molar-refractivity contribution >= 4 is 5.69 Å². The first-order chi connectivity index (χ1) is 6.24. The highest BCUT2D eigenvalue weighted by molar-refractivity contribution is 5.47. The minimum atomic E-state index is 0.188. The lowest BCUT2D eigenvalue weighted by atomic mass is 10.2. The van der Waals surface area contributed by atoms with Gasteiger partial charge >= 0.3 is 0 Å². The van der Waals surface area contributed by atoms with Crippen molar-refractivity contribution in [2.45, 2.75) is 25.3 Å². The Balaban J connectivity index is 2.09. The number of nitrogens with one attached hydrogen (secondary N) is 1. The highest BCUT2D eigenvalue weighted by Crippen LogP contribution is 2.37. The molecule has 3 N–H and O–H groups in total. The second-order valence-corrected chi connectivity index (χ2v) is 3.80. The lowest BCUT2D eigenvalue weighted by Gasteiger charge is -2.16. The maximum absolute atomic E-state index is 5.68. The molecule has 1 aromatic heterocycles. The van der Waals surface area contributed by atoms with Gasteiger partial charge < -0.3 is 11.1 Å². The standard InChI is InChI=1S/C10H15N3/c1-8-6-9(2-5-12-8)13-10(7-11)3-4-10/h2,5-6H,3-4,7,11H2,1H3,(H,12,13). The summed E-state index contributed by atoms with van der Waals surface area (Å²) in [6.07, 6.45) is 4.19. The first kappa shape index (κ1) is 8.51. The molecule has 0 spiro atoms. The van der Waals surface area contributed by atoms with E-state index >= 15 is 0 Å². The fourth-order valence-electron chi connectivity index (χ4n) is 1.46. The Labute approximate surface area is 78.4 Å². The van der Waals surface area contributed by atoms with Crippen molar-refractivity contribution in [2.75, 3.05) is 11.9 Å². The van der Waals surface area contributed by atoms with Gasteiger partial charge in [-0.3, -0.25) is 4.98 Å². The Bertz CT molecular complexity index is 305. The first-order valence-corrected chi connectivity index (χ1v) is 4.65. The second-order valence-electron chi connectivity index (χ2n) is 3.80. The molecule has 2 rings (SSSR count). The number of hydrogen-bond acceptors (Lipinski definition) is 3. The lowest BCUT2D eigenvalue weighted by Crippen LogP contribution is -2.30. The number of aryl methyl sites for hydroxylation is 1. The molecule has 1 heterocycles. The van der Waals surface area contributed by atoms with Crippen molar-refractivity contribution in [3.8, 4) is 0 Å². The highest BCUT2D eigenvalue weighted by atomic mass is 15.0. The van der Waals surface area contributed by atoms with Crippen LogP contribution < -0.4 is 11.1 Å². The first-order valence-electron chi connectivity index (χ1n) is 4.65. The molecule has 13 heavy (non-hydrogen) atoms. The monoisotopic (exact) mass is 177 g/mol. The number of anilines is 1. The Morgan fingerprint density at radius 1 is 1.62 bits per heavy atom. The topological polar surface area (TPSA) is 50.9 Å². The Hall–Kier alpha value is -1.09. The maximum atomic E-state index is 5.68. The number of hydrogen-bond donors (Lipinski definition) is 2. The molecule has 0 amide bonds. The van der Waals surface area contributed by atoms with Crippen LogP contribution in [0.3, 0.4) is 0 Å². The van der Waals surface area contributed by atoms with Gasteiger partial charge in [0.15, 0.2) is 0 Å².